The standard InChI is InChI=1S/C16H21N3O/c1-4-9-20-13-7-5-12(6-8-13)16-18-14(11(2)3)10-15(17)19-16/h5-8,10-11H,4,9H2,1-3H3,(H2,17,18,19). The zero-order chi connectivity index (χ0) is 14.5. The van der Waals surface area contributed by atoms with E-state index in [4.69, 9.17) is 10.5 Å². The van der Waals surface area contributed by atoms with E-state index >= 15 is 0 Å². The van der Waals surface area contributed by atoms with Gasteiger partial charge in [0.15, 0.2) is 5.82 Å². The van der Waals surface area contributed by atoms with Gasteiger partial charge in [0, 0.05) is 17.3 Å². The van der Waals surface area contributed by atoms with E-state index in [9.17, 15) is 0 Å². The minimum atomic E-state index is 0.325. The average Bonchev–Trinajstić information content (AvgIpc) is 2.45. The first-order valence-corrected chi connectivity index (χ1v) is 6.98. The van der Waals surface area contributed by atoms with Crippen molar-refractivity contribution in [3.63, 3.8) is 0 Å². The molecule has 1 aromatic heterocycles. The minimum absolute atomic E-state index is 0.325. The van der Waals surface area contributed by atoms with Crippen molar-refractivity contribution in [1.82, 2.24) is 9.97 Å². The summed E-state index contributed by atoms with van der Waals surface area (Å²) in [7, 11) is 0. The molecule has 0 spiro atoms. The van der Waals surface area contributed by atoms with Crippen LogP contribution in [0.2, 0.25) is 0 Å². The third-order valence-electron chi connectivity index (χ3n) is 2.94. The van der Waals surface area contributed by atoms with Crippen molar-refractivity contribution in [3.8, 4) is 17.1 Å². The van der Waals surface area contributed by atoms with Crippen LogP contribution in [0.4, 0.5) is 5.82 Å². The lowest BCUT2D eigenvalue weighted by atomic mass is 10.1. The lowest BCUT2D eigenvalue weighted by Gasteiger charge is -2.09. The zero-order valence-electron chi connectivity index (χ0n) is 12.3. The van der Waals surface area contributed by atoms with Gasteiger partial charge >= 0.3 is 0 Å². The Balaban J connectivity index is 2.27. The fourth-order valence-corrected chi connectivity index (χ4v) is 1.83. The molecule has 2 aromatic rings. The fourth-order valence-electron chi connectivity index (χ4n) is 1.83. The van der Waals surface area contributed by atoms with Gasteiger partial charge in [0.1, 0.15) is 11.6 Å². The Morgan fingerprint density at radius 1 is 1.15 bits per heavy atom. The van der Waals surface area contributed by atoms with E-state index in [1.165, 1.54) is 0 Å². The first-order chi connectivity index (χ1) is 9.60. The van der Waals surface area contributed by atoms with Crippen LogP contribution in [0.1, 0.15) is 38.8 Å². The van der Waals surface area contributed by atoms with Crippen LogP contribution in [0, 0.1) is 0 Å². The second kappa shape index (κ2) is 6.37. The summed E-state index contributed by atoms with van der Waals surface area (Å²) in [6, 6.07) is 9.62. The monoisotopic (exact) mass is 271 g/mol. The normalized spacial score (nSPS) is 10.8. The molecular weight excluding hydrogens is 250 g/mol. The highest BCUT2D eigenvalue weighted by molar-refractivity contribution is 5.58. The van der Waals surface area contributed by atoms with Crippen molar-refractivity contribution in [1.29, 1.82) is 0 Å². The predicted molar refractivity (Wildman–Crippen MR) is 81.8 cm³/mol. The Morgan fingerprint density at radius 2 is 1.85 bits per heavy atom. The van der Waals surface area contributed by atoms with Gasteiger partial charge in [0.05, 0.1) is 6.61 Å². The third kappa shape index (κ3) is 3.47. The van der Waals surface area contributed by atoms with Crippen molar-refractivity contribution in [2.24, 2.45) is 0 Å². The molecule has 0 radical (unpaired) electrons. The average molecular weight is 271 g/mol. The summed E-state index contributed by atoms with van der Waals surface area (Å²) in [5.41, 5.74) is 7.76. The molecule has 0 saturated heterocycles. The number of anilines is 1. The van der Waals surface area contributed by atoms with Crippen LogP contribution in [0.25, 0.3) is 11.4 Å². The summed E-state index contributed by atoms with van der Waals surface area (Å²) in [5.74, 6) is 2.36. The number of hydrogen-bond donors (Lipinski definition) is 1. The van der Waals surface area contributed by atoms with Crippen LogP contribution in [0.3, 0.4) is 0 Å². The second-order valence-corrected chi connectivity index (χ2v) is 5.07. The number of nitrogens with zero attached hydrogens (tertiary/aromatic N) is 2. The van der Waals surface area contributed by atoms with E-state index in [1.54, 1.807) is 0 Å². The topological polar surface area (TPSA) is 61.0 Å². The maximum absolute atomic E-state index is 5.85. The Morgan fingerprint density at radius 3 is 2.45 bits per heavy atom. The highest BCUT2D eigenvalue weighted by Crippen LogP contribution is 2.23. The number of nitrogen functional groups attached to an aromatic ring is 1. The largest absolute Gasteiger partial charge is 0.494 e. The molecule has 2 N–H and O–H groups in total. The van der Waals surface area contributed by atoms with E-state index < -0.39 is 0 Å². The highest BCUT2D eigenvalue weighted by atomic mass is 16.5. The number of rotatable bonds is 5. The number of hydrogen-bond acceptors (Lipinski definition) is 4. The van der Waals surface area contributed by atoms with Crippen molar-refractivity contribution < 1.29 is 4.74 Å². The molecule has 0 unspecified atom stereocenters. The van der Waals surface area contributed by atoms with Gasteiger partial charge in [-0.25, -0.2) is 9.97 Å². The molecule has 106 valence electrons. The van der Waals surface area contributed by atoms with Gasteiger partial charge in [0.25, 0.3) is 0 Å². The van der Waals surface area contributed by atoms with E-state index in [2.05, 4.69) is 30.7 Å². The van der Waals surface area contributed by atoms with Crippen LogP contribution in [-0.2, 0) is 0 Å². The Bertz CT molecular complexity index is 564. The summed E-state index contributed by atoms with van der Waals surface area (Å²) in [4.78, 5) is 8.87. The molecule has 0 amide bonds. The maximum Gasteiger partial charge on any atom is 0.161 e. The molecule has 2 rings (SSSR count). The van der Waals surface area contributed by atoms with Crippen LogP contribution in [0.15, 0.2) is 30.3 Å². The molecule has 0 atom stereocenters. The van der Waals surface area contributed by atoms with Crippen molar-refractivity contribution in [2.75, 3.05) is 12.3 Å². The Hall–Kier alpha value is -2.10. The summed E-state index contributed by atoms with van der Waals surface area (Å²) in [5, 5.41) is 0. The quantitative estimate of drug-likeness (QED) is 0.902. The second-order valence-electron chi connectivity index (χ2n) is 5.07. The van der Waals surface area contributed by atoms with Crippen molar-refractivity contribution in [2.45, 2.75) is 33.1 Å². The maximum atomic E-state index is 5.85. The molecule has 4 heteroatoms. The lowest BCUT2D eigenvalue weighted by molar-refractivity contribution is 0.317. The van der Waals surface area contributed by atoms with E-state index in [1.807, 2.05) is 30.3 Å². The number of nitrogens with two attached hydrogens (primary N) is 1. The van der Waals surface area contributed by atoms with Gasteiger partial charge in [-0.2, -0.15) is 0 Å². The van der Waals surface area contributed by atoms with Gasteiger partial charge in [-0.15, -0.1) is 0 Å². The van der Waals surface area contributed by atoms with Gasteiger partial charge in [0.2, 0.25) is 0 Å². The number of aromatic nitrogens is 2. The first kappa shape index (κ1) is 14.3. The van der Waals surface area contributed by atoms with Crippen molar-refractivity contribution in [3.05, 3.63) is 36.0 Å². The smallest absolute Gasteiger partial charge is 0.161 e. The van der Waals surface area contributed by atoms with Crippen LogP contribution < -0.4 is 10.5 Å². The van der Waals surface area contributed by atoms with E-state index in [0.29, 0.717) is 17.6 Å². The van der Waals surface area contributed by atoms with Gasteiger partial charge in [-0.3, -0.25) is 0 Å². The van der Waals surface area contributed by atoms with Crippen LogP contribution in [-0.4, -0.2) is 16.6 Å². The van der Waals surface area contributed by atoms with Crippen LogP contribution >= 0.6 is 0 Å². The number of benzene rings is 1. The van der Waals surface area contributed by atoms with Gasteiger partial charge < -0.3 is 10.5 Å². The molecule has 0 saturated carbocycles. The highest BCUT2D eigenvalue weighted by Gasteiger charge is 2.08. The van der Waals surface area contributed by atoms with E-state index in [-0.39, 0.29) is 0 Å². The van der Waals surface area contributed by atoms with Gasteiger partial charge in [-0.1, -0.05) is 20.8 Å². The minimum Gasteiger partial charge on any atom is -0.494 e. The first-order valence-electron chi connectivity index (χ1n) is 6.98. The van der Waals surface area contributed by atoms with Gasteiger partial charge in [-0.05, 0) is 36.6 Å². The molecule has 0 aliphatic heterocycles. The third-order valence-corrected chi connectivity index (χ3v) is 2.94. The SMILES string of the molecule is CCCOc1ccc(-c2nc(N)cc(C(C)C)n2)cc1. The summed E-state index contributed by atoms with van der Waals surface area (Å²) in [6.07, 6.45) is 0.998. The molecule has 20 heavy (non-hydrogen) atoms. The molecule has 0 bridgehead atoms. The molecule has 1 heterocycles. The zero-order valence-corrected chi connectivity index (χ0v) is 12.3. The molecule has 1 aromatic carbocycles. The predicted octanol–water partition coefficient (Wildman–Crippen LogP) is 3.64. The van der Waals surface area contributed by atoms with E-state index in [0.717, 1.165) is 30.0 Å². The van der Waals surface area contributed by atoms with Crippen LogP contribution in [0.5, 0.6) is 5.75 Å². The summed E-state index contributed by atoms with van der Waals surface area (Å²) in [6.45, 7) is 6.99. The summed E-state index contributed by atoms with van der Waals surface area (Å²) < 4.78 is 5.57. The Kier molecular flexibility index (Phi) is 4.56. The number of ether oxygens (including phenoxy) is 1. The molecule has 4 nitrogen and oxygen atoms in total. The summed E-state index contributed by atoms with van der Waals surface area (Å²) >= 11 is 0. The van der Waals surface area contributed by atoms with Crippen molar-refractivity contribution >= 4 is 5.82 Å². The molecule has 0 aliphatic carbocycles. The molecule has 0 fully saturated rings. The molecule has 0 aliphatic rings. The Labute approximate surface area is 120 Å². The molecular formula is C16H21N3O. The fraction of sp³-hybridized carbons (Fsp3) is 0.375. The lowest BCUT2D eigenvalue weighted by Crippen LogP contribution is -2.01.